The molecule has 3 N–H and O–H groups in total. The third-order valence-corrected chi connectivity index (χ3v) is 3.63. The summed E-state index contributed by atoms with van der Waals surface area (Å²) in [5.74, 6) is 0.773. The number of fused-ring (bicyclic) bond motifs is 1. The van der Waals surface area contributed by atoms with Crippen LogP contribution in [0.2, 0.25) is 10.0 Å². The Kier molecular flexibility index (Phi) is 3.47. The van der Waals surface area contributed by atoms with Crippen molar-refractivity contribution in [1.29, 1.82) is 0 Å². The molecule has 101 valence electrons. The molecule has 0 amide bonds. The molecule has 0 saturated heterocycles. The van der Waals surface area contributed by atoms with Crippen LogP contribution in [0.1, 0.15) is 5.56 Å². The number of ether oxygens (including phenoxy) is 1. The summed E-state index contributed by atoms with van der Waals surface area (Å²) in [6.07, 6.45) is 2.93. The van der Waals surface area contributed by atoms with Gasteiger partial charge in [-0.1, -0.05) is 23.2 Å². The van der Waals surface area contributed by atoms with Crippen LogP contribution in [0, 0.1) is 6.20 Å². The van der Waals surface area contributed by atoms with E-state index in [1.165, 1.54) is 0 Å². The van der Waals surface area contributed by atoms with Gasteiger partial charge in [-0.05, 0) is 42.0 Å². The van der Waals surface area contributed by atoms with E-state index in [-0.39, 0.29) is 0 Å². The highest BCUT2D eigenvalue weighted by atomic mass is 35.5. The molecule has 2 aromatic carbocycles. The fourth-order valence-corrected chi connectivity index (χ4v) is 2.47. The number of nitrogen functional groups attached to an aromatic ring is 1. The van der Waals surface area contributed by atoms with Gasteiger partial charge in [0.1, 0.15) is 12.4 Å². The van der Waals surface area contributed by atoms with E-state index in [4.69, 9.17) is 33.7 Å². The quantitative estimate of drug-likeness (QED) is 0.703. The number of halogens is 2. The molecule has 5 heteroatoms. The molecule has 0 fully saturated rings. The first-order valence-electron chi connectivity index (χ1n) is 5.98. The summed E-state index contributed by atoms with van der Waals surface area (Å²) in [7, 11) is 0. The minimum atomic E-state index is 0.374. The van der Waals surface area contributed by atoms with E-state index in [0.29, 0.717) is 22.3 Å². The van der Waals surface area contributed by atoms with Gasteiger partial charge in [0.25, 0.3) is 0 Å². The van der Waals surface area contributed by atoms with Crippen LogP contribution in [-0.2, 0) is 6.61 Å². The second-order valence-electron chi connectivity index (χ2n) is 4.42. The normalized spacial score (nSPS) is 10.9. The zero-order valence-electron chi connectivity index (χ0n) is 10.4. The first-order valence-corrected chi connectivity index (χ1v) is 6.74. The number of benzene rings is 2. The molecule has 3 nitrogen and oxygen atoms in total. The van der Waals surface area contributed by atoms with Gasteiger partial charge in [-0.25, -0.2) is 0 Å². The number of nitrogens with one attached hydrogen (secondary N) is 1. The van der Waals surface area contributed by atoms with Crippen molar-refractivity contribution >= 4 is 39.8 Å². The number of nitrogens with two attached hydrogens (primary N) is 1. The van der Waals surface area contributed by atoms with Crippen LogP contribution in [0.5, 0.6) is 5.75 Å². The Morgan fingerprint density at radius 3 is 2.65 bits per heavy atom. The van der Waals surface area contributed by atoms with Crippen LogP contribution in [0.25, 0.3) is 10.9 Å². The van der Waals surface area contributed by atoms with Crippen molar-refractivity contribution in [3.63, 3.8) is 0 Å². The molecule has 3 aromatic rings. The number of H-pyrrole nitrogens is 1. The van der Waals surface area contributed by atoms with Crippen LogP contribution in [0.15, 0.2) is 36.4 Å². The maximum absolute atomic E-state index is 5.99. The minimum Gasteiger partial charge on any atom is -0.489 e. The summed E-state index contributed by atoms with van der Waals surface area (Å²) in [4.78, 5) is 3.01. The lowest BCUT2D eigenvalue weighted by Crippen LogP contribution is -1.97. The van der Waals surface area contributed by atoms with Crippen LogP contribution < -0.4 is 10.5 Å². The van der Waals surface area contributed by atoms with E-state index in [1.807, 2.05) is 24.3 Å². The number of anilines is 1. The van der Waals surface area contributed by atoms with Gasteiger partial charge >= 0.3 is 0 Å². The molecule has 0 atom stereocenters. The molecule has 3 rings (SSSR count). The number of aromatic nitrogens is 1. The summed E-state index contributed by atoms with van der Waals surface area (Å²) >= 11 is 12.0. The van der Waals surface area contributed by atoms with E-state index >= 15 is 0 Å². The molecule has 0 saturated carbocycles. The van der Waals surface area contributed by atoms with Gasteiger partial charge in [0.2, 0.25) is 0 Å². The molecule has 1 radical (unpaired) electrons. The van der Waals surface area contributed by atoms with Crippen LogP contribution in [0.3, 0.4) is 0 Å². The van der Waals surface area contributed by atoms with Crippen LogP contribution in [-0.4, -0.2) is 4.98 Å². The van der Waals surface area contributed by atoms with Crippen molar-refractivity contribution in [1.82, 2.24) is 4.98 Å². The molecule has 0 bridgehead atoms. The lowest BCUT2D eigenvalue weighted by molar-refractivity contribution is 0.306. The van der Waals surface area contributed by atoms with Crippen LogP contribution >= 0.6 is 23.2 Å². The molecule has 1 aromatic heterocycles. The van der Waals surface area contributed by atoms with Gasteiger partial charge in [-0.3, -0.25) is 0 Å². The summed E-state index contributed by atoms with van der Waals surface area (Å²) in [6.45, 7) is 0.374. The van der Waals surface area contributed by atoms with Gasteiger partial charge in [0.15, 0.2) is 0 Å². The van der Waals surface area contributed by atoms with E-state index in [1.54, 1.807) is 12.1 Å². The van der Waals surface area contributed by atoms with Crippen molar-refractivity contribution in [3.05, 3.63) is 58.2 Å². The Hall–Kier alpha value is -1.84. The number of aromatic amines is 1. The Bertz CT molecular complexity index is 744. The van der Waals surface area contributed by atoms with Crippen LogP contribution in [0.4, 0.5) is 5.69 Å². The zero-order valence-corrected chi connectivity index (χ0v) is 11.9. The number of hydrogen-bond acceptors (Lipinski definition) is 2. The largest absolute Gasteiger partial charge is 0.489 e. The lowest BCUT2D eigenvalue weighted by atomic mass is 10.2. The standard InChI is InChI=1S/C15H11Cl2N2O/c16-12-5-9(6-13(17)15(12)18)8-20-11-1-2-14-10(7-11)3-4-19-14/h1-3,5-7,19H,8,18H2. The van der Waals surface area contributed by atoms with Gasteiger partial charge in [-0.2, -0.15) is 0 Å². The van der Waals surface area contributed by atoms with Gasteiger partial charge in [-0.15, -0.1) is 0 Å². The molecule has 20 heavy (non-hydrogen) atoms. The Morgan fingerprint density at radius 2 is 1.90 bits per heavy atom. The number of hydrogen-bond donors (Lipinski definition) is 2. The third kappa shape index (κ3) is 2.55. The van der Waals surface area contributed by atoms with E-state index in [9.17, 15) is 0 Å². The summed E-state index contributed by atoms with van der Waals surface area (Å²) in [5.41, 5.74) is 7.98. The Balaban J connectivity index is 1.78. The summed E-state index contributed by atoms with van der Waals surface area (Å²) < 4.78 is 5.73. The highest BCUT2D eigenvalue weighted by Crippen LogP contribution is 2.29. The predicted octanol–water partition coefficient (Wildman–Crippen LogP) is 4.44. The Labute approximate surface area is 126 Å². The Morgan fingerprint density at radius 1 is 1.15 bits per heavy atom. The lowest BCUT2D eigenvalue weighted by Gasteiger charge is -2.09. The highest BCUT2D eigenvalue weighted by Gasteiger charge is 2.06. The second-order valence-corrected chi connectivity index (χ2v) is 5.24. The smallest absolute Gasteiger partial charge is 0.120 e. The minimum absolute atomic E-state index is 0.374. The molecule has 0 aliphatic carbocycles. The van der Waals surface area contributed by atoms with Gasteiger partial charge in [0.05, 0.1) is 21.9 Å². The van der Waals surface area contributed by atoms with Crippen molar-refractivity contribution in [2.24, 2.45) is 0 Å². The fourth-order valence-electron chi connectivity index (χ4n) is 1.94. The van der Waals surface area contributed by atoms with Crippen molar-refractivity contribution < 1.29 is 4.74 Å². The predicted molar refractivity (Wildman–Crippen MR) is 82.3 cm³/mol. The molecule has 1 heterocycles. The van der Waals surface area contributed by atoms with E-state index in [0.717, 1.165) is 22.2 Å². The third-order valence-electron chi connectivity index (χ3n) is 3.00. The monoisotopic (exact) mass is 305 g/mol. The average molecular weight is 306 g/mol. The molecule has 0 unspecified atom stereocenters. The maximum Gasteiger partial charge on any atom is 0.120 e. The summed E-state index contributed by atoms with van der Waals surface area (Å²) in [5, 5.41) is 1.93. The van der Waals surface area contributed by atoms with E-state index < -0.39 is 0 Å². The fraction of sp³-hybridized carbons (Fsp3) is 0.0667. The van der Waals surface area contributed by atoms with Crippen molar-refractivity contribution in [2.75, 3.05) is 5.73 Å². The van der Waals surface area contributed by atoms with Crippen molar-refractivity contribution in [3.8, 4) is 5.75 Å². The number of rotatable bonds is 3. The second kappa shape index (κ2) is 5.27. The van der Waals surface area contributed by atoms with E-state index in [2.05, 4.69) is 11.2 Å². The molecule has 0 aliphatic heterocycles. The topological polar surface area (TPSA) is 51.0 Å². The first-order chi connectivity index (χ1) is 9.63. The zero-order chi connectivity index (χ0) is 14.1. The average Bonchev–Trinajstić information content (AvgIpc) is 2.89. The molecular formula is C15H11Cl2N2O. The first kappa shape index (κ1) is 13.2. The SMILES string of the molecule is Nc1c(Cl)cc(COc2ccc3[nH][c]cc3c2)cc1Cl. The molecule has 0 aliphatic rings. The molecule has 0 spiro atoms. The van der Waals surface area contributed by atoms with Gasteiger partial charge < -0.3 is 15.5 Å². The highest BCUT2D eigenvalue weighted by molar-refractivity contribution is 6.38. The summed E-state index contributed by atoms with van der Waals surface area (Å²) in [6, 6.07) is 11.2. The van der Waals surface area contributed by atoms with Gasteiger partial charge in [0, 0.05) is 10.9 Å². The maximum atomic E-state index is 5.99. The van der Waals surface area contributed by atoms with Crippen molar-refractivity contribution in [2.45, 2.75) is 6.61 Å². The molecular weight excluding hydrogens is 295 g/mol.